The van der Waals surface area contributed by atoms with Gasteiger partial charge in [-0.15, -0.1) is 0 Å². The Morgan fingerprint density at radius 1 is 1.40 bits per heavy atom. The zero-order chi connectivity index (χ0) is 18.0. The van der Waals surface area contributed by atoms with Gasteiger partial charge in [0.25, 0.3) is 0 Å². The number of nitrogens with one attached hydrogen (secondary N) is 2. The van der Waals surface area contributed by atoms with Gasteiger partial charge in [0.15, 0.2) is 0 Å². The lowest BCUT2D eigenvalue weighted by molar-refractivity contribution is -0.129. The number of fused-ring (bicyclic) bond motifs is 1. The Kier molecular flexibility index (Phi) is 5.03. The molecule has 0 aliphatic carbocycles. The predicted octanol–water partition coefficient (Wildman–Crippen LogP) is 1.33. The first kappa shape index (κ1) is 17.4. The molecule has 2 amide bonds. The first-order chi connectivity index (χ1) is 11.9. The minimum absolute atomic E-state index is 0.0306. The van der Waals surface area contributed by atoms with Crippen molar-refractivity contribution in [1.82, 2.24) is 20.1 Å². The van der Waals surface area contributed by atoms with E-state index >= 15 is 0 Å². The van der Waals surface area contributed by atoms with Crippen molar-refractivity contribution in [3.8, 4) is 0 Å². The Morgan fingerprint density at radius 3 is 2.96 bits per heavy atom. The molecule has 134 valence electrons. The number of halogens is 1. The van der Waals surface area contributed by atoms with Crippen LogP contribution in [-0.4, -0.2) is 60.3 Å². The van der Waals surface area contributed by atoms with E-state index in [4.69, 9.17) is 0 Å². The van der Waals surface area contributed by atoms with E-state index in [2.05, 4.69) is 10.3 Å². The van der Waals surface area contributed by atoms with Gasteiger partial charge >= 0.3 is 0 Å². The highest BCUT2D eigenvalue weighted by molar-refractivity contribution is 5.89. The number of hydrogen-bond donors (Lipinski definition) is 2. The largest absolute Gasteiger partial charge is 0.357 e. The molecule has 2 N–H and O–H groups in total. The third kappa shape index (κ3) is 4.17. The molecule has 2 heterocycles. The molecule has 6 nitrogen and oxygen atoms in total. The summed E-state index contributed by atoms with van der Waals surface area (Å²) in [5, 5.41) is 3.64. The van der Waals surface area contributed by atoms with E-state index in [1.165, 1.54) is 12.1 Å². The van der Waals surface area contributed by atoms with Crippen molar-refractivity contribution in [3.05, 3.63) is 35.8 Å². The number of carbonyl (C=O) groups excluding carboxylic acids is 2. The van der Waals surface area contributed by atoms with Gasteiger partial charge in [0.2, 0.25) is 11.8 Å². The van der Waals surface area contributed by atoms with Crippen molar-refractivity contribution in [2.24, 2.45) is 5.92 Å². The number of likely N-dealkylation sites (N-methyl/N-ethyl adjacent to an activating group) is 1. The van der Waals surface area contributed by atoms with Crippen LogP contribution in [-0.2, 0) is 16.1 Å². The minimum Gasteiger partial charge on any atom is -0.357 e. The molecule has 1 aromatic heterocycles. The molecular weight excluding hydrogens is 323 g/mol. The zero-order valence-corrected chi connectivity index (χ0v) is 14.5. The number of benzene rings is 1. The summed E-state index contributed by atoms with van der Waals surface area (Å²) < 4.78 is 13.2. The quantitative estimate of drug-likeness (QED) is 0.829. The molecule has 0 unspecified atom stereocenters. The highest BCUT2D eigenvalue weighted by Gasteiger charge is 2.33. The van der Waals surface area contributed by atoms with Crippen molar-refractivity contribution < 1.29 is 14.0 Å². The van der Waals surface area contributed by atoms with E-state index in [9.17, 15) is 14.0 Å². The maximum atomic E-state index is 13.2. The van der Waals surface area contributed by atoms with Gasteiger partial charge in [0, 0.05) is 42.7 Å². The fourth-order valence-corrected chi connectivity index (χ4v) is 3.07. The lowest BCUT2D eigenvalue weighted by Crippen LogP contribution is -2.35. The van der Waals surface area contributed by atoms with Crippen LogP contribution in [0.2, 0.25) is 0 Å². The second-order valence-corrected chi connectivity index (χ2v) is 6.79. The summed E-state index contributed by atoms with van der Waals surface area (Å²) in [5.41, 5.74) is 1.64. The number of aromatic nitrogens is 1. The van der Waals surface area contributed by atoms with Crippen LogP contribution in [0.4, 0.5) is 4.39 Å². The van der Waals surface area contributed by atoms with Crippen molar-refractivity contribution >= 4 is 22.7 Å². The van der Waals surface area contributed by atoms with E-state index in [-0.39, 0.29) is 30.0 Å². The van der Waals surface area contributed by atoms with Crippen LogP contribution in [0.5, 0.6) is 0 Å². The summed E-state index contributed by atoms with van der Waals surface area (Å²) in [4.78, 5) is 31.3. The normalized spacial score (nSPS) is 17.7. The topological polar surface area (TPSA) is 68.4 Å². The Morgan fingerprint density at radius 2 is 2.20 bits per heavy atom. The number of nitrogens with zero attached hydrogens (tertiary/aromatic N) is 2. The first-order valence-electron chi connectivity index (χ1n) is 8.40. The number of rotatable bonds is 6. The van der Waals surface area contributed by atoms with Crippen molar-refractivity contribution in [3.63, 3.8) is 0 Å². The molecule has 1 aliphatic rings. The molecular formula is C18H23FN4O2. The van der Waals surface area contributed by atoms with Crippen molar-refractivity contribution in [2.75, 3.05) is 33.7 Å². The number of aromatic amines is 1. The van der Waals surface area contributed by atoms with Gasteiger partial charge in [-0.25, -0.2) is 4.39 Å². The molecule has 0 saturated carbocycles. The van der Waals surface area contributed by atoms with Crippen LogP contribution >= 0.6 is 0 Å². The summed E-state index contributed by atoms with van der Waals surface area (Å²) in [6, 6.07) is 6.35. The highest BCUT2D eigenvalue weighted by atomic mass is 19.1. The fourth-order valence-electron chi connectivity index (χ4n) is 3.07. The van der Waals surface area contributed by atoms with Crippen molar-refractivity contribution in [2.45, 2.75) is 13.0 Å². The van der Waals surface area contributed by atoms with Crippen LogP contribution in [0, 0.1) is 11.7 Å². The summed E-state index contributed by atoms with van der Waals surface area (Å²) in [6.45, 7) is 2.23. The Bertz CT molecular complexity index is 786. The van der Waals surface area contributed by atoms with Gasteiger partial charge < -0.3 is 20.1 Å². The molecule has 3 rings (SSSR count). The Hall–Kier alpha value is -2.41. The smallest absolute Gasteiger partial charge is 0.225 e. The fraction of sp³-hybridized carbons (Fsp3) is 0.444. The van der Waals surface area contributed by atoms with Crippen LogP contribution in [0.25, 0.3) is 10.9 Å². The average Bonchev–Trinajstić information content (AvgIpc) is 3.13. The molecule has 0 spiro atoms. The van der Waals surface area contributed by atoms with Gasteiger partial charge in [0.05, 0.1) is 12.5 Å². The Labute approximate surface area is 146 Å². The predicted molar refractivity (Wildman–Crippen MR) is 93.3 cm³/mol. The van der Waals surface area contributed by atoms with E-state index in [0.29, 0.717) is 19.6 Å². The van der Waals surface area contributed by atoms with Crippen molar-refractivity contribution in [1.29, 1.82) is 0 Å². The van der Waals surface area contributed by atoms with Gasteiger partial charge in [0.1, 0.15) is 5.82 Å². The highest BCUT2D eigenvalue weighted by Crippen LogP contribution is 2.19. The van der Waals surface area contributed by atoms with E-state index in [1.54, 1.807) is 11.0 Å². The summed E-state index contributed by atoms with van der Waals surface area (Å²) in [6.07, 6.45) is 0.261. The first-order valence-corrected chi connectivity index (χ1v) is 8.40. The van der Waals surface area contributed by atoms with E-state index in [0.717, 1.165) is 23.1 Å². The molecule has 2 aromatic rings. The van der Waals surface area contributed by atoms with Crippen LogP contribution in [0.3, 0.4) is 0 Å². The second-order valence-electron chi connectivity index (χ2n) is 6.79. The number of amides is 2. The van der Waals surface area contributed by atoms with Crippen LogP contribution < -0.4 is 5.32 Å². The molecule has 25 heavy (non-hydrogen) atoms. The van der Waals surface area contributed by atoms with Gasteiger partial charge in [-0.2, -0.15) is 0 Å². The monoisotopic (exact) mass is 346 g/mol. The van der Waals surface area contributed by atoms with E-state index in [1.807, 2.05) is 25.1 Å². The Balaban J connectivity index is 1.54. The molecule has 1 aromatic carbocycles. The van der Waals surface area contributed by atoms with Gasteiger partial charge in [-0.1, -0.05) is 0 Å². The van der Waals surface area contributed by atoms with Crippen LogP contribution in [0.1, 0.15) is 12.1 Å². The summed E-state index contributed by atoms with van der Waals surface area (Å²) in [7, 11) is 3.91. The molecule has 7 heteroatoms. The third-order valence-corrected chi connectivity index (χ3v) is 4.49. The molecule has 0 radical (unpaired) electrons. The SMILES string of the molecule is CN(C)CCN1C[C@H](C(=O)NCc2cc3cc(F)ccc3[nH]2)CC1=O. The number of H-pyrrole nitrogens is 1. The zero-order valence-electron chi connectivity index (χ0n) is 14.5. The lowest BCUT2D eigenvalue weighted by atomic mass is 10.1. The van der Waals surface area contributed by atoms with Gasteiger partial charge in [-0.3, -0.25) is 9.59 Å². The minimum atomic E-state index is -0.309. The molecule has 1 atom stereocenters. The lowest BCUT2D eigenvalue weighted by Gasteiger charge is -2.19. The third-order valence-electron chi connectivity index (χ3n) is 4.49. The number of hydrogen-bond acceptors (Lipinski definition) is 3. The van der Waals surface area contributed by atoms with Crippen LogP contribution in [0.15, 0.2) is 24.3 Å². The van der Waals surface area contributed by atoms with Gasteiger partial charge in [-0.05, 0) is 38.4 Å². The standard InChI is InChI=1S/C18H23FN4O2/c1-22(2)5-6-23-11-13(9-17(23)24)18(25)20-10-15-8-12-7-14(19)3-4-16(12)21-15/h3-4,7-8,13,21H,5-6,9-11H2,1-2H3,(H,20,25)/t13-/m1/s1. The average molecular weight is 346 g/mol. The summed E-state index contributed by atoms with van der Waals surface area (Å²) in [5.74, 6) is -0.686. The number of carbonyl (C=O) groups is 2. The molecule has 1 fully saturated rings. The molecule has 0 bridgehead atoms. The van der Waals surface area contributed by atoms with E-state index < -0.39 is 0 Å². The number of likely N-dealkylation sites (tertiary alicyclic amines) is 1. The summed E-state index contributed by atoms with van der Waals surface area (Å²) >= 11 is 0. The maximum Gasteiger partial charge on any atom is 0.225 e. The molecule has 1 aliphatic heterocycles. The molecule has 1 saturated heterocycles. The maximum absolute atomic E-state index is 13.2. The second kappa shape index (κ2) is 7.23.